The predicted molar refractivity (Wildman–Crippen MR) is 128 cm³/mol. The molecule has 4 aromatic rings. The Balaban J connectivity index is 1.89. The first-order valence-corrected chi connectivity index (χ1v) is 12.6. The van der Waals surface area contributed by atoms with Crippen LogP contribution in [0.4, 0.5) is 4.39 Å². The molecule has 0 aliphatic rings. The number of fused-ring (bicyclic) bond motifs is 1. The van der Waals surface area contributed by atoms with E-state index in [1.165, 1.54) is 30.0 Å². The summed E-state index contributed by atoms with van der Waals surface area (Å²) in [6.07, 6.45) is 2.60. The van der Waals surface area contributed by atoms with E-state index in [-0.39, 0.29) is 11.4 Å². The van der Waals surface area contributed by atoms with Gasteiger partial charge in [0.15, 0.2) is 11.5 Å². The Labute approximate surface area is 195 Å². The predicted octanol–water partition coefficient (Wildman–Crippen LogP) is 3.57. The highest BCUT2D eigenvalue weighted by Crippen LogP contribution is 2.33. The molecule has 2 aromatic heterocycles. The van der Waals surface area contributed by atoms with Crippen molar-refractivity contribution in [3.8, 4) is 22.8 Å². The van der Waals surface area contributed by atoms with Crippen LogP contribution in [0.5, 0.6) is 11.5 Å². The van der Waals surface area contributed by atoms with Gasteiger partial charge >= 0.3 is 5.69 Å². The highest BCUT2D eigenvalue weighted by Gasteiger charge is 2.25. The van der Waals surface area contributed by atoms with Gasteiger partial charge in [-0.1, -0.05) is 12.1 Å². The lowest BCUT2D eigenvalue weighted by molar-refractivity contribution is 0.310. The molecule has 0 fully saturated rings. The Morgan fingerprint density at radius 1 is 1.15 bits per heavy atom. The molecule has 0 saturated heterocycles. The number of hydrogen-bond donors (Lipinski definition) is 1. The monoisotopic (exact) mass is 485 g/mol. The quantitative estimate of drug-likeness (QED) is 0.409. The number of nitrogens with zero attached hydrogens (tertiary/aromatic N) is 2. The van der Waals surface area contributed by atoms with Crippen molar-refractivity contribution in [3.63, 3.8) is 0 Å². The summed E-state index contributed by atoms with van der Waals surface area (Å²) in [5, 5.41) is 0. The van der Waals surface area contributed by atoms with Crippen molar-refractivity contribution in [2.75, 3.05) is 25.7 Å². The van der Waals surface area contributed by atoms with Gasteiger partial charge in [0.1, 0.15) is 21.3 Å². The summed E-state index contributed by atoms with van der Waals surface area (Å²) in [4.78, 5) is 19.9. The summed E-state index contributed by atoms with van der Waals surface area (Å²) in [6, 6.07) is 12.0. The topological polar surface area (TPSA) is 103 Å². The Kier molecular flexibility index (Phi) is 6.43. The first kappa shape index (κ1) is 23.5. The van der Waals surface area contributed by atoms with Crippen LogP contribution in [0.25, 0.3) is 22.3 Å². The molecule has 1 atom stereocenters. The second-order valence-electron chi connectivity index (χ2n) is 7.82. The number of hydrogen-bond acceptors (Lipinski definition) is 6. The van der Waals surface area contributed by atoms with Gasteiger partial charge in [-0.05, 0) is 48.9 Å². The number of nitrogens with one attached hydrogen (secondary N) is 1. The molecular formula is C24H24FN3O5S. The van der Waals surface area contributed by atoms with Crippen molar-refractivity contribution in [1.82, 2.24) is 14.5 Å². The number of rotatable bonds is 8. The van der Waals surface area contributed by atoms with Crippen LogP contribution in [0.3, 0.4) is 0 Å². The van der Waals surface area contributed by atoms with E-state index in [2.05, 4.69) is 9.97 Å². The zero-order chi connectivity index (χ0) is 24.5. The summed E-state index contributed by atoms with van der Waals surface area (Å²) in [5.41, 5.74) is 1.63. The molecule has 0 radical (unpaired) electrons. The van der Waals surface area contributed by atoms with Gasteiger partial charge < -0.3 is 14.5 Å². The Hall–Kier alpha value is -3.66. The number of imidazole rings is 1. The first-order chi connectivity index (χ1) is 16.2. The maximum Gasteiger partial charge on any atom is 0.327 e. The molecule has 0 bridgehead atoms. The molecule has 178 valence electrons. The van der Waals surface area contributed by atoms with Crippen molar-refractivity contribution < 1.29 is 22.3 Å². The van der Waals surface area contributed by atoms with E-state index in [1.54, 1.807) is 36.4 Å². The number of halogens is 1. The van der Waals surface area contributed by atoms with Crippen molar-refractivity contribution in [3.05, 3.63) is 76.6 Å². The Bertz CT molecular complexity index is 1510. The lowest BCUT2D eigenvalue weighted by atomic mass is 10.1. The fraction of sp³-hybridized carbons (Fsp3) is 0.250. The molecule has 1 unspecified atom stereocenters. The number of methoxy groups -OCH3 is 1. The van der Waals surface area contributed by atoms with E-state index in [1.807, 2.05) is 6.92 Å². The smallest absolute Gasteiger partial charge is 0.327 e. The number of H-pyrrole nitrogens is 1. The first-order valence-electron chi connectivity index (χ1n) is 10.6. The van der Waals surface area contributed by atoms with Crippen LogP contribution in [-0.2, 0) is 9.84 Å². The SMILES string of the molecule is CCOc1cc(C(CS(C)(=O)=O)n2c(=O)[nH]c3cc(-c4ncccc4F)ccc32)ccc1OC. The van der Waals surface area contributed by atoms with Crippen molar-refractivity contribution in [2.24, 2.45) is 0 Å². The van der Waals surface area contributed by atoms with Crippen molar-refractivity contribution >= 4 is 20.9 Å². The van der Waals surface area contributed by atoms with Gasteiger partial charge in [-0.2, -0.15) is 0 Å². The minimum absolute atomic E-state index is 0.155. The van der Waals surface area contributed by atoms with Gasteiger partial charge in [0.2, 0.25) is 0 Å². The molecule has 2 aromatic carbocycles. The number of aromatic amines is 1. The third kappa shape index (κ3) is 4.67. The maximum atomic E-state index is 14.2. The zero-order valence-electron chi connectivity index (χ0n) is 18.9. The van der Waals surface area contributed by atoms with Crippen molar-refractivity contribution in [2.45, 2.75) is 13.0 Å². The van der Waals surface area contributed by atoms with Gasteiger partial charge in [-0.3, -0.25) is 9.55 Å². The van der Waals surface area contributed by atoms with Crippen molar-refractivity contribution in [1.29, 1.82) is 0 Å². The van der Waals surface area contributed by atoms with Gasteiger partial charge in [0.25, 0.3) is 0 Å². The number of aromatic nitrogens is 3. The minimum Gasteiger partial charge on any atom is -0.493 e. The molecule has 34 heavy (non-hydrogen) atoms. The minimum atomic E-state index is -3.49. The fourth-order valence-electron chi connectivity index (χ4n) is 3.96. The lowest BCUT2D eigenvalue weighted by Crippen LogP contribution is -2.28. The number of pyridine rings is 1. The van der Waals surface area contributed by atoms with Crippen LogP contribution in [0.2, 0.25) is 0 Å². The molecule has 0 saturated carbocycles. The molecule has 1 N–H and O–H groups in total. The summed E-state index contributed by atoms with van der Waals surface area (Å²) in [6.45, 7) is 2.21. The third-order valence-corrected chi connectivity index (χ3v) is 6.31. The summed E-state index contributed by atoms with van der Waals surface area (Å²) >= 11 is 0. The molecule has 4 rings (SSSR count). The molecule has 0 aliphatic carbocycles. The van der Waals surface area contributed by atoms with Crippen LogP contribution in [0, 0.1) is 5.82 Å². The Morgan fingerprint density at radius 2 is 1.94 bits per heavy atom. The molecule has 2 heterocycles. The van der Waals surface area contributed by atoms with E-state index in [4.69, 9.17) is 9.47 Å². The second kappa shape index (κ2) is 9.30. The molecule has 8 nitrogen and oxygen atoms in total. The maximum absolute atomic E-state index is 14.2. The van der Waals surface area contributed by atoms with E-state index < -0.39 is 27.4 Å². The van der Waals surface area contributed by atoms with E-state index in [9.17, 15) is 17.6 Å². The molecule has 0 amide bonds. The van der Waals surface area contributed by atoms with Crippen LogP contribution in [0.1, 0.15) is 18.5 Å². The van der Waals surface area contributed by atoms with Gasteiger partial charge in [0, 0.05) is 18.0 Å². The van der Waals surface area contributed by atoms with Gasteiger partial charge in [-0.25, -0.2) is 17.6 Å². The third-order valence-electron chi connectivity index (χ3n) is 5.39. The van der Waals surface area contributed by atoms with E-state index in [0.717, 1.165) is 6.26 Å². The molecular weight excluding hydrogens is 461 g/mol. The van der Waals surface area contributed by atoms with Crippen LogP contribution in [-0.4, -0.2) is 48.7 Å². The highest BCUT2D eigenvalue weighted by atomic mass is 32.2. The normalized spacial score (nSPS) is 12.6. The van der Waals surface area contributed by atoms with E-state index in [0.29, 0.717) is 40.3 Å². The largest absolute Gasteiger partial charge is 0.493 e. The number of sulfone groups is 1. The summed E-state index contributed by atoms with van der Waals surface area (Å²) < 4.78 is 51.3. The summed E-state index contributed by atoms with van der Waals surface area (Å²) in [7, 11) is -1.97. The number of benzene rings is 2. The standard InChI is InChI=1S/C24H24FN3O5S/c1-4-33-22-13-15(8-10-21(22)32-2)20(14-34(3,30)31)28-19-9-7-16(12-18(19)27-24(28)29)23-17(25)6-5-11-26-23/h5-13,20H,4,14H2,1-3H3,(H,27,29). The lowest BCUT2D eigenvalue weighted by Gasteiger charge is -2.20. The fourth-order valence-corrected chi connectivity index (χ4v) is 4.88. The van der Waals surface area contributed by atoms with E-state index >= 15 is 0 Å². The van der Waals surface area contributed by atoms with Crippen LogP contribution < -0.4 is 15.2 Å². The zero-order valence-corrected chi connectivity index (χ0v) is 19.7. The molecule has 10 heteroatoms. The van der Waals surface area contributed by atoms with Gasteiger partial charge in [0.05, 0.1) is 36.5 Å². The number of ether oxygens (including phenoxy) is 2. The Morgan fingerprint density at radius 3 is 2.62 bits per heavy atom. The summed E-state index contributed by atoms with van der Waals surface area (Å²) in [5.74, 6) is 0.146. The molecule has 0 aliphatic heterocycles. The van der Waals surface area contributed by atoms with Crippen LogP contribution >= 0.6 is 0 Å². The van der Waals surface area contributed by atoms with Crippen LogP contribution in [0.15, 0.2) is 59.5 Å². The molecule has 0 spiro atoms. The highest BCUT2D eigenvalue weighted by molar-refractivity contribution is 7.90. The average Bonchev–Trinajstić information content (AvgIpc) is 3.12. The van der Waals surface area contributed by atoms with Gasteiger partial charge in [-0.15, -0.1) is 0 Å². The average molecular weight is 486 g/mol. The second-order valence-corrected chi connectivity index (χ2v) is 10.0.